The number of pyridine rings is 1. The zero-order valence-electron chi connectivity index (χ0n) is 14.5. The van der Waals surface area contributed by atoms with Gasteiger partial charge in [0.05, 0.1) is 21.2 Å². The highest BCUT2D eigenvalue weighted by molar-refractivity contribution is 7.80. The Bertz CT molecular complexity index is 1060. The Morgan fingerprint density at radius 3 is 2.70 bits per heavy atom. The fourth-order valence-electron chi connectivity index (χ4n) is 2.62. The number of nitro groups is 1. The third-order valence-corrected chi connectivity index (χ3v) is 4.49. The Labute approximate surface area is 165 Å². The van der Waals surface area contributed by atoms with Crippen molar-refractivity contribution in [3.8, 4) is 0 Å². The van der Waals surface area contributed by atoms with Crippen molar-refractivity contribution in [1.82, 2.24) is 10.4 Å². The summed E-state index contributed by atoms with van der Waals surface area (Å²) in [4.78, 5) is 15.0. The van der Waals surface area contributed by atoms with Crippen molar-refractivity contribution in [3.63, 3.8) is 0 Å². The third kappa shape index (κ3) is 4.24. The van der Waals surface area contributed by atoms with Crippen LogP contribution in [0.1, 0.15) is 11.1 Å². The largest absolute Gasteiger partial charge is 0.330 e. The number of rotatable bonds is 4. The third-order valence-electron chi connectivity index (χ3n) is 3.96. The summed E-state index contributed by atoms with van der Waals surface area (Å²) in [5, 5.41) is 15.3. The molecule has 0 saturated carbocycles. The van der Waals surface area contributed by atoms with E-state index in [0.29, 0.717) is 16.5 Å². The van der Waals surface area contributed by atoms with Gasteiger partial charge in [-0.1, -0.05) is 29.8 Å². The average molecular weight is 402 g/mol. The molecule has 0 atom stereocenters. The summed E-state index contributed by atoms with van der Waals surface area (Å²) >= 11 is 11.3. The average Bonchev–Trinajstić information content (AvgIpc) is 2.62. The number of non-ortho nitro benzene ring substituents is 1. The number of aromatic nitrogens is 1. The minimum atomic E-state index is -0.500. The Kier molecular flexibility index (Phi) is 5.38. The summed E-state index contributed by atoms with van der Waals surface area (Å²) in [5.41, 5.74) is 9.06. The molecule has 1 aromatic heterocycles. The Balaban J connectivity index is 1.73. The van der Waals surface area contributed by atoms with Crippen LogP contribution in [0.25, 0.3) is 10.9 Å². The van der Waals surface area contributed by atoms with Crippen LogP contribution < -0.4 is 16.2 Å². The smallest absolute Gasteiger partial charge is 0.271 e. The first-order valence-corrected chi connectivity index (χ1v) is 8.77. The van der Waals surface area contributed by atoms with Gasteiger partial charge in [0.15, 0.2) is 5.11 Å². The van der Waals surface area contributed by atoms with Crippen molar-refractivity contribution in [2.45, 2.75) is 13.8 Å². The standard InChI is InChI=1S/C18H16ClN5O2S/c1-10-4-3-5-13-11(2)8-16(21-17(10)13)22-23-18(27)20-15-9-12(24(25)26)6-7-14(15)19/h3-9H,1-2H3,(H,21,22)(H2,20,23,27). The topological polar surface area (TPSA) is 92.1 Å². The van der Waals surface area contributed by atoms with Crippen molar-refractivity contribution in [1.29, 1.82) is 0 Å². The first-order valence-electron chi connectivity index (χ1n) is 7.99. The maximum Gasteiger partial charge on any atom is 0.271 e. The molecule has 0 aliphatic heterocycles. The van der Waals surface area contributed by atoms with Crippen LogP contribution >= 0.6 is 23.8 Å². The van der Waals surface area contributed by atoms with Crippen LogP contribution in [0.3, 0.4) is 0 Å². The van der Waals surface area contributed by atoms with Crippen LogP contribution in [-0.4, -0.2) is 15.0 Å². The van der Waals surface area contributed by atoms with Crippen LogP contribution in [0.15, 0.2) is 42.5 Å². The molecule has 7 nitrogen and oxygen atoms in total. The molecule has 0 bridgehead atoms. The van der Waals surface area contributed by atoms with Gasteiger partial charge in [0.25, 0.3) is 5.69 Å². The number of nitro benzene ring substituents is 1. The highest BCUT2D eigenvalue weighted by atomic mass is 35.5. The lowest BCUT2D eigenvalue weighted by molar-refractivity contribution is -0.384. The van der Waals surface area contributed by atoms with Crippen molar-refractivity contribution in [2.24, 2.45) is 0 Å². The molecule has 9 heteroatoms. The van der Waals surface area contributed by atoms with Crippen LogP contribution in [0.5, 0.6) is 0 Å². The summed E-state index contributed by atoms with van der Waals surface area (Å²) < 4.78 is 0. The summed E-state index contributed by atoms with van der Waals surface area (Å²) in [6, 6.07) is 12.0. The molecule has 0 amide bonds. The van der Waals surface area contributed by atoms with Gasteiger partial charge in [-0.25, -0.2) is 4.98 Å². The maximum absolute atomic E-state index is 10.9. The number of hydrogen-bond donors (Lipinski definition) is 3. The van der Waals surface area contributed by atoms with Gasteiger partial charge in [0.1, 0.15) is 5.82 Å². The predicted molar refractivity (Wildman–Crippen MR) is 112 cm³/mol. The van der Waals surface area contributed by atoms with Gasteiger partial charge < -0.3 is 5.32 Å². The fraction of sp³-hybridized carbons (Fsp3) is 0.111. The molecule has 2 aromatic carbocycles. The first-order chi connectivity index (χ1) is 12.8. The van der Waals surface area contributed by atoms with Crippen molar-refractivity contribution >= 4 is 57.0 Å². The second-order valence-corrected chi connectivity index (χ2v) is 6.74. The molecule has 0 radical (unpaired) electrons. The number of fused-ring (bicyclic) bond motifs is 1. The molecule has 3 aromatic rings. The molecule has 138 valence electrons. The van der Waals surface area contributed by atoms with Crippen LogP contribution in [-0.2, 0) is 0 Å². The van der Waals surface area contributed by atoms with E-state index >= 15 is 0 Å². The molecule has 3 rings (SSSR count). The number of para-hydroxylation sites is 1. The number of thiocarbonyl (C=S) groups is 1. The summed E-state index contributed by atoms with van der Waals surface area (Å²) in [6.45, 7) is 4.01. The lowest BCUT2D eigenvalue weighted by Crippen LogP contribution is -2.33. The van der Waals surface area contributed by atoms with E-state index in [1.54, 1.807) is 0 Å². The number of halogens is 1. The second kappa shape index (κ2) is 7.73. The number of benzene rings is 2. The quantitative estimate of drug-likeness (QED) is 0.330. The van der Waals surface area contributed by atoms with E-state index in [1.807, 2.05) is 38.1 Å². The monoisotopic (exact) mass is 401 g/mol. The Morgan fingerprint density at radius 1 is 1.19 bits per heavy atom. The van der Waals surface area contributed by atoms with E-state index in [2.05, 4.69) is 21.2 Å². The number of anilines is 2. The molecule has 0 saturated heterocycles. The van der Waals surface area contributed by atoms with Gasteiger partial charge in [-0.3, -0.25) is 21.0 Å². The number of hydrazine groups is 1. The summed E-state index contributed by atoms with van der Waals surface area (Å²) in [7, 11) is 0. The Morgan fingerprint density at radius 2 is 1.96 bits per heavy atom. The second-order valence-electron chi connectivity index (χ2n) is 5.92. The normalized spacial score (nSPS) is 10.5. The van der Waals surface area contributed by atoms with E-state index in [4.69, 9.17) is 23.8 Å². The summed E-state index contributed by atoms with van der Waals surface area (Å²) in [5.74, 6) is 0.601. The van der Waals surface area contributed by atoms with E-state index in [9.17, 15) is 10.1 Å². The Hall–Kier alpha value is -2.97. The van der Waals surface area contributed by atoms with E-state index in [-0.39, 0.29) is 10.8 Å². The zero-order valence-corrected chi connectivity index (χ0v) is 16.1. The molecule has 0 spiro atoms. The van der Waals surface area contributed by atoms with Gasteiger partial charge in [-0.05, 0) is 49.3 Å². The maximum atomic E-state index is 10.9. The van der Waals surface area contributed by atoms with Gasteiger partial charge in [0.2, 0.25) is 0 Å². The molecule has 3 N–H and O–H groups in total. The summed E-state index contributed by atoms with van der Waals surface area (Å²) in [6.07, 6.45) is 0. The molecule has 1 heterocycles. The molecule has 0 unspecified atom stereocenters. The van der Waals surface area contributed by atoms with Crippen molar-refractivity contribution in [3.05, 3.63) is 68.7 Å². The van der Waals surface area contributed by atoms with Gasteiger partial charge in [-0.15, -0.1) is 0 Å². The van der Waals surface area contributed by atoms with Gasteiger partial charge in [-0.2, -0.15) is 0 Å². The van der Waals surface area contributed by atoms with E-state index in [0.717, 1.165) is 22.0 Å². The molecular weight excluding hydrogens is 386 g/mol. The number of hydrogen-bond acceptors (Lipinski definition) is 5. The lowest BCUT2D eigenvalue weighted by atomic mass is 10.1. The molecule has 0 aliphatic rings. The predicted octanol–water partition coefficient (Wildman–Crippen LogP) is 4.73. The molecular formula is C18H16ClN5O2S. The molecule has 27 heavy (non-hydrogen) atoms. The van der Waals surface area contributed by atoms with E-state index < -0.39 is 4.92 Å². The first kappa shape index (κ1) is 18.8. The highest BCUT2D eigenvalue weighted by Crippen LogP contribution is 2.26. The number of aryl methyl sites for hydroxylation is 2. The number of nitrogens with one attached hydrogen (secondary N) is 3. The lowest BCUT2D eigenvalue weighted by Gasteiger charge is -2.14. The van der Waals surface area contributed by atoms with Crippen molar-refractivity contribution < 1.29 is 4.92 Å². The van der Waals surface area contributed by atoms with Crippen LogP contribution in [0.2, 0.25) is 5.02 Å². The fourth-order valence-corrected chi connectivity index (χ4v) is 2.95. The zero-order chi connectivity index (χ0) is 19.6. The van der Waals surface area contributed by atoms with Gasteiger partial charge >= 0.3 is 0 Å². The molecule has 0 aliphatic carbocycles. The minimum Gasteiger partial charge on any atom is -0.330 e. The number of nitrogens with zero attached hydrogens (tertiary/aromatic N) is 2. The SMILES string of the molecule is Cc1cc(NNC(=S)Nc2cc([N+](=O)[O-])ccc2Cl)nc2c(C)cccc12. The van der Waals surface area contributed by atoms with Crippen molar-refractivity contribution in [2.75, 3.05) is 10.7 Å². The van der Waals surface area contributed by atoms with Gasteiger partial charge in [0, 0.05) is 17.5 Å². The molecule has 0 fully saturated rings. The van der Waals surface area contributed by atoms with E-state index in [1.165, 1.54) is 18.2 Å². The van der Waals surface area contributed by atoms with Crippen LogP contribution in [0, 0.1) is 24.0 Å². The van der Waals surface area contributed by atoms with Crippen LogP contribution in [0.4, 0.5) is 17.2 Å². The minimum absolute atomic E-state index is 0.0834. The highest BCUT2D eigenvalue weighted by Gasteiger charge is 2.11.